The quantitative estimate of drug-likeness (QED) is 0.628. The first-order valence-electron chi connectivity index (χ1n) is 6.07. The van der Waals surface area contributed by atoms with Crippen molar-refractivity contribution in [1.82, 2.24) is 9.78 Å². The maximum absolute atomic E-state index is 10.9. The third kappa shape index (κ3) is 1.43. The largest absolute Gasteiger partial charge is 0.378 e. The molecule has 92 valence electrons. The van der Waals surface area contributed by atoms with Gasteiger partial charge < -0.3 is 5.73 Å². The smallest absolute Gasteiger partial charge is 0.333 e. The second-order valence-corrected chi connectivity index (χ2v) is 5.26. The average molecular weight is 236 g/mol. The maximum atomic E-state index is 10.9. The van der Waals surface area contributed by atoms with E-state index in [0.29, 0.717) is 11.6 Å². The molecule has 2 N–H and O–H groups in total. The molecule has 2 bridgehead atoms. The van der Waals surface area contributed by atoms with E-state index < -0.39 is 4.92 Å². The van der Waals surface area contributed by atoms with Gasteiger partial charge in [-0.1, -0.05) is 6.42 Å². The van der Waals surface area contributed by atoms with Crippen LogP contribution in [0.15, 0.2) is 0 Å². The summed E-state index contributed by atoms with van der Waals surface area (Å²) < 4.78 is 1.71. The summed E-state index contributed by atoms with van der Waals surface area (Å²) in [5, 5.41) is 15.2. The third-order valence-electron chi connectivity index (χ3n) is 4.29. The number of aromatic nitrogens is 2. The molecule has 1 heterocycles. The number of nitro groups is 1. The lowest BCUT2D eigenvalue weighted by Crippen LogP contribution is -2.19. The Balaban J connectivity index is 1.99. The van der Waals surface area contributed by atoms with Gasteiger partial charge in [-0.3, -0.25) is 10.1 Å². The molecule has 0 aliphatic heterocycles. The lowest BCUT2D eigenvalue weighted by atomic mass is 9.95. The minimum atomic E-state index is -0.429. The van der Waals surface area contributed by atoms with Gasteiger partial charge >= 0.3 is 5.69 Å². The molecule has 2 aliphatic rings. The minimum absolute atomic E-state index is 0.0206. The highest BCUT2D eigenvalue weighted by Crippen LogP contribution is 2.51. The molecule has 2 saturated carbocycles. The van der Waals surface area contributed by atoms with E-state index in [-0.39, 0.29) is 17.5 Å². The summed E-state index contributed by atoms with van der Waals surface area (Å²) in [4.78, 5) is 10.5. The molecule has 1 aromatic heterocycles. The number of nitrogens with zero attached hydrogens (tertiary/aromatic N) is 3. The van der Waals surface area contributed by atoms with Crippen LogP contribution in [-0.4, -0.2) is 14.7 Å². The standard InChI is InChI=1S/C11H16N4O2/c1-6-10(15(16)17)11(12)14(13-6)9-5-7-2-3-8(9)4-7/h7-9H,2-5,12H2,1H3. The zero-order valence-electron chi connectivity index (χ0n) is 9.80. The molecule has 2 aliphatic carbocycles. The van der Waals surface area contributed by atoms with Gasteiger partial charge in [-0.05, 0) is 38.0 Å². The van der Waals surface area contributed by atoms with E-state index in [1.807, 2.05) is 0 Å². The molecule has 0 spiro atoms. The van der Waals surface area contributed by atoms with E-state index in [0.717, 1.165) is 12.3 Å². The number of hydrogen-bond acceptors (Lipinski definition) is 4. The Morgan fingerprint density at radius 3 is 2.71 bits per heavy atom. The Morgan fingerprint density at radius 2 is 2.24 bits per heavy atom. The van der Waals surface area contributed by atoms with Crippen LogP contribution in [0.5, 0.6) is 0 Å². The fourth-order valence-corrected chi connectivity index (χ4v) is 3.55. The van der Waals surface area contributed by atoms with Crippen LogP contribution in [0.4, 0.5) is 11.5 Å². The normalized spacial score (nSPS) is 31.0. The zero-order chi connectivity index (χ0) is 12.2. The number of hydrogen-bond donors (Lipinski definition) is 1. The SMILES string of the molecule is Cc1nn(C2CC3CCC2C3)c(N)c1[N+](=O)[O-]. The molecule has 3 unspecified atom stereocenters. The summed E-state index contributed by atoms with van der Waals surface area (Å²) in [6, 6.07) is 0.279. The molecule has 0 radical (unpaired) electrons. The molecule has 3 atom stereocenters. The summed E-state index contributed by atoms with van der Waals surface area (Å²) in [5.74, 6) is 1.61. The van der Waals surface area contributed by atoms with Gasteiger partial charge in [-0.25, -0.2) is 4.68 Å². The van der Waals surface area contributed by atoms with Crippen molar-refractivity contribution in [2.45, 2.75) is 38.6 Å². The molecule has 2 fully saturated rings. The molecule has 17 heavy (non-hydrogen) atoms. The van der Waals surface area contributed by atoms with Crippen molar-refractivity contribution in [1.29, 1.82) is 0 Å². The Morgan fingerprint density at radius 1 is 1.47 bits per heavy atom. The monoisotopic (exact) mass is 236 g/mol. The van der Waals surface area contributed by atoms with Crippen molar-refractivity contribution in [3.8, 4) is 0 Å². The van der Waals surface area contributed by atoms with Crippen molar-refractivity contribution in [2.24, 2.45) is 11.8 Å². The summed E-state index contributed by atoms with van der Waals surface area (Å²) >= 11 is 0. The van der Waals surface area contributed by atoms with Gasteiger partial charge in [0.2, 0.25) is 5.82 Å². The van der Waals surface area contributed by atoms with Gasteiger partial charge in [0.25, 0.3) is 0 Å². The van der Waals surface area contributed by atoms with E-state index in [2.05, 4.69) is 5.10 Å². The Bertz CT molecular complexity index is 482. The molecule has 3 rings (SSSR count). The van der Waals surface area contributed by atoms with Crippen LogP contribution in [0.2, 0.25) is 0 Å². The molecule has 6 nitrogen and oxygen atoms in total. The number of fused-ring (bicyclic) bond motifs is 2. The van der Waals surface area contributed by atoms with Gasteiger partial charge in [0.05, 0.1) is 11.0 Å². The van der Waals surface area contributed by atoms with E-state index >= 15 is 0 Å². The predicted molar refractivity (Wildman–Crippen MR) is 62.5 cm³/mol. The first-order chi connectivity index (χ1) is 8.08. The summed E-state index contributed by atoms with van der Waals surface area (Å²) in [6.45, 7) is 1.65. The van der Waals surface area contributed by atoms with Gasteiger partial charge in [0, 0.05) is 0 Å². The number of anilines is 1. The Kier molecular flexibility index (Phi) is 2.14. The summed E-state index contributed by atoms with van der Waals surface area (Å²) in [5.41, 5.74) is 6.28. The van der Waals surface area contributed by atoms with E-state index in [1.165, 1.54) is 19.3 Å². The van der Waals surface area contributed by atoms with E-state index in [4.69, 9.17) is 5.73 Å². The first-order valence-corrected chi connectivity index (χ1v) is 6.07. The van der Waals surface area contributed by atoms with Crippen molar-refractivity contribution in [3.05, 3.63) is 15.8 Å². The van der Waals surface area contributed by atoms with E-state index in [1.54, 1.807) is 11.6 Å². The highest BCUT2D eigenvalue weighted by molar-refractivity contribution is 5.56. The van der Waals surface area contributed by atoms with Crippen LogP contribution in [0.1, 0.15) is 37.4 Å². The Hall–Kier alpha value is -1.59. The van der Waals surface area contributed by atoms with Crippen LogP contribution < -0.4 is 5.73 Å². The average Bonchev–Trinajstić information content (AvgIpc) is 2.91. The molecule has 0 saturated heterocycles. The van der Waals surface area contributed by atoms with Gasteiger partial charge in [-0.15, -0.1) is 0 Å². The van der Waals surface area contributed by atoms with Gasteiger partial charge in [0.1, 0.15) is 5.69 Å². The van der Waals surface area contributed by atoms with Crippen molar-refractivity contribution in [3.63, 3.8) is 0 Å². The molecule has 6 heteroatoms. The maximum Gasteiger partial charge on any atom is 0.333 e. The molecule has 0 amide bonds. The van der Waals surface area contributed by atoms with Crippen LogP contribution in [0, 0.1) is 28.9 Å². The molecular weight excluding hydrogens is 220 g/mol. The number of rotatable bonds is 2. The van der Waals surface area contributed by atoms with Crippen LogP contribution in [0.25, 0.3) is 0 Å². The fraction of sp³-hybridized carbons (Fsp3) is 0.727. The summed E-state index contributed by atoms with van der Waals surface area (Å²) in [6.07, 6.45) is 4.81. The highest BCUT2D eigenvalue weighted by Gasteiger charge is 2.42. The number of nitrogen functional groups attached to an aromatic ring is 1. The van der Waals surface area contributed by atoms with Crippen LogP contribution in [0.3, 0.4) is 0 Å². The van der Waals surface area contributed by atoms with E-state index in [9.17, 15) is 10.1 Å². The van der Waals surface area contributed by atoms with Gasteiger partial charge in [-0.2, -0.15) is 5.10 Å². The second-order valence-electron chi connectivity index (χ2n) is 5.26. The topological polar surface area (TPSA) is 87.0 Å². The second kappa shape index (κ2) is 3.45. The zero-order valence-corrected chi connectivity index (χ0v) is 9.80. The minimum Gasteiger partial charge on any atom is -0.378 e. The number of nitrogens with two attached hydrogens (primary N) is 1. The van der Waals surface area contributed by atoms with Crippen molar-refractivity contribution < 1.29 is 4.92 Å². The van der Waals surface area contributed by atoms with Crippen molar-refractivity contribution >= 4 is 11.5 Å². The molecule has 0 aromatic carbocycles. The fourth-order valence-electron chi connectivity index (χ4n) is 3.55. The third-order valence-corrected chi connectivity index (χ3v) is 4.29. The highest BCUT2D eigenvalue weighted by atomic mass is 16.6. The van der Waals surface area contributed by atoms with Crippen molar-refractivity contribution in [2.75, 3.05) is 5.73 Å². The predicted octanol–water partition coefficient (Wildman–Crippen LogP) is 2.04. The summed E-state index contributed by atoms with van der Waals surface area (Å²) in [7, 11) is 0. The first kappa shape index (κ1) is 10.6. The van der Waals surface area contributed by atoms with Gasteiger partial charge in [0.15, 0.2) is 0 Å². The Labute approximate surface area is 98.9 Å². The van der Waals surface area contributed by atoms with Crippen LogP contribution >= 0.6 is 0 Å². The number of aryl methyl sites for hydroxylation is 1. The lowest BCUT2D eigenvalue weighted by molar-refractivity contribution is -0.384. The lowest BCUT2D eigenvalue weighted by Gasteiger charge is -2.22. The molecular formula is C11H16N4O2. The molecule has 1 aromatic rings. The van der Waals surface area contributed by atoms with Crippen LogP contribution in [-0.2, 0) is 0 Å².